The van der Waals surface area contributed by atoms with Crippen LogP contribution in [-0.4, -0.2) is 23.4 Å². The molecule has 1 amide bonds. The van der Waals surface area contributed by atoms with Crippen LogP contribution in [-0.2, 0) is 4.79 Å². The van der Waals surface area contributed by atoms with Crippen LogP contribution in [0.25, 0.3) is 0 Å². The van der Waals surface area contributed by atoms with Gasteiger partial charge in [-0.25, -0.2) is 9.38 Å². The maximum atomic E-state index is 12.1. The molecule has 1 N–H and O–H groups in total. The first-order valence-electron chi connectivity index (χ1n) is 2.23. The molecule has 1 aliphatic heterocycles. The summed E-state index contributed by atoms with van der Waals surface area (Å²) in [6.07, 6.45) is -0.766. The molecular formula is C4H3FN2OS. The number of thiocarbonyl (C=S) groups is 1. The summed E-state index contributed by atoms with van der Waals surface area (Å²) in [5.41, 5.74) is 0. The van der Waals surface area contributed by atoms with E-state index >= 15 is 0 Å². The van der Waals surface area contributed by atoms with Crippen molar-refractivity contribution in [2.45, 2.75) is 6.17 Å². The van der Waals surface area contributed by atoms with E-state index in [-0.39, 0.29) is 5.11 Å². The molecule has 0 saturated carbocycles. The second-order valence-corrected chi connectivity index (χ2v) is 1.86. The van der Waals surface area contributed by atoms with Gasteiger partial charge in [-0.2, -0.15) is 0 Å². The fourth-order valence-corrected chi connectivity index (χ4v) is 0.569. The van der Waals surface area contributed by atoms with Crippen LogP contribution >= 0.6 is 12.2 Å². The smallest absolute Gasteiger partial charge is 0.266 e. The van der Waals surface area contributed by atoms with Crippen LogP contribution in [0.4, 0.5) is 4.39 Å². The van der Waals surface area contributed by atoms with Crippen LogP contribution < -0.4 is 5.32 Å². The van der Waals surface area contributed by atoms with E-state index in [1.807, 2.05) is 5.32 Å². The summed E-state index contributed by atoms with van der Waals surface area (Å²) in [5.74, 6) is -0.741. The number of carbonyl (C=O) groups excluding carboxylic acids is 1. The van der Waals surface area contributed by atoms with Gasteiger partial charge in [-0.1, -0.05) is 0 Å². The summed E-state index contributed by atoms with van der Waals surface area (Å²) in [7, 11) is 0. The molecule has 48 valence electrons. The quantitative estimate of drug-likeness (QED) is 0.481. The molecule has 1 rings (SSSR count). The van der Waals surface area contributed by atoms with Gasteiger partial charge in [0.15, 0.2) is 5.11 Å². The van der Waals surface area contributed by atoms with Crippen LogP contribution in [0, 0.1) is 0 Å². The second-order valence-electron chi connectivity index (χ2n) is 1.47. The van der Waals surface area contributed by atoms with Crippen LogP contribution in [0.15, 0.2) is 4.99 Å². The molecule has 0 aromatic heterocycles. The number of hydrogen-bond donors (Lipinski definition) is 1. The Hall–Kier alpha value is -0.840. The van der Waals surface area contributed by atoms with Crippen molar-refractivity contribution in [3.63, 3.8) is 0 Å². The summed E-state index contributed by atoms with van der Waals surface area (Å²) in [5, 5.41) is 2.07. The zero-order valence-corrected chi connectivity index (χ0v) is 5.11. The second kappa shape index (κ2) is 2.18. The fraction of sp³-hybridized carbons (Fsp3) is 0.250. The van der Waals surface area contributed by atoms with E-state index in [1.54, 1.807) is 0 Å². The predicted molar refractivity (Wildman–Crippen MR) is 34.1 cm³/mol. The Balaban J connectivity index is 2.76. The number of halogens is 1. The number of nitrogens with one attached hydrogen (secondary N) is 1. The van der Waals surface area contributed by atoms with Gasteiger partial charge >= 0.3 is 0 Å². The molecule has 5 heteroatoms. The highest BCUT2D eigenvalue weighted by molar-refractivity contribution is 7.80. The standard InChI is InChI=1S/C4H3FN2OS/c5-2-1-6-4(9)7-3(2)8/h1-2H,(H,7,8,9)/t2-/m1/s1. The molecule has 0 aromatic carbocycles. The van der Waals surface area contributed by atoms with Crippen molar-refractivity contribution < 1.29 is 9.18 Å². The van der Waals surface area contributed by atoms with Gasteiger partial charge in [0.25, 0.3) is 5.91 Å². The van der Waals surface area contributed by atoms with Crippen LogP contribution in [0.2, 0.25) is 0 Å². The topological polar surface area (TPSA) is 41.5 Å². The van der Waals surface area contributed by atoms with Crippen molar-refractivity contribution in [2.75, 3.05) is 0 Å². The predicted octanol–water partition coefficient (Wildman–Crippen LogP) is -0.190. The Bertz CT molecular complexity index is 191. The van der Waals surface area contributed by atoms with Gasteiger partial charge in [0.05, 0.1) is 6.21 Å². The molecule has 0 unspecified atom stereocenters. The molecule has 0 saturated heterocycles. The molecule has 0 aromatic rings. The lowest BCUT2D eigenvalue weighted by Crippen LogP contribution is -2.39. The lowest BCUT2D eigenvalue weighted by molar-refractivity contribution is -0.122. The van der Waals surface area contributed by atoms with Gasteiger partial charge in [-0.05, 0) is 12.2 Å². The minimum absolute atomic E-state index is 0.0221. The van der Waals surface area contributed by atoms with E-state index in [2.05, 4.69) is 17.2 Å². The zero-order valence-electron chi connectivity index (χ0n) is 4.30. The van der Waals surface area contributed by atoms with E-state index < -0.39 is 12.1 Å². The molecule has 1 heterocycles. The first-order chi connectivity index (χ1) is 4.20. The average Bonchev–Trinajstić information content (AvgIpc) is 1.80. The molecule has 9 heavy (non-hydrogen) atoms. The maximum absolute atomic E-state index is 12.1. The number of nitrogens with zero attached hydrogens (tertiary/aromatic N) is 1. The number of aliphatic imine (C=N–C) groups is 1. The summed E-state index contributed by atoms with van der Waals surface area (Å²) in [6, 6.07) is 0. The number of carbonyl (C=O) groups is 1. The zero-order chi connectivity index (χ0) is 6.85. The van der Waals surface area contributed by atoms with Gasteiger partial charge in [-0.15, -0.1) is 0 Å². The van der Waals surface area contributed by atoms with Crippen molar-refractivity contribution in [1.82, 2.24) is 5.32 Å². The molecule has 1 atom stereocenters. The highest BCUT2D eigenvalue weighted by Gasteiger charge is 2.19. The van der Waals surface area contributed by atoms with Crippen molar-refractivity contribution in [3.8, 4) is 0 Å². The van der Waals surface area contributed by atoms with Crippen LogP contribution in [0.5, 0.6) is 0 Å². The summed E-state index contributed by atoms with van der Waals surface area (Å²) in [6.45, 7) is 0. The van der Waals surface area contributed by atoms with E-state index in [0.29, 0.717) is 0 Å². The molecule has 3 nitrogen and oxygen atoms in total. The summed E-state index contributed by atoms with van der Waals surface area (Å²) >= 11 is 4.44. The maximum Gasteiger partial charge on any atom is 0.266 e. The third-order valence-electron chi connectivity index (χ3n) is 0.803. The van der Waals surface area contributed by atoms with Crippen molar-refractivity contribution >= 4 is 29.5 Å². The van der Waals surface area contributed by atoms with E-state index in [0.717, 1.165) is 6.21 Å². The third kappa shape index (κ3) is 1.29. The summed E-state index contributed by atoms with van der Waals surface area (Å²) in [4.78, 5) is 13.7. The minimum atomic E-state index is -1.64. The monoisotopic (exact) mass is 146 g/mol. The Morgan fingerprint density at radius 3 is 3.00 bits per heavy atom. The van der Waals surface area contributed by atoms with Crippen LogP contribution in [0.3, 0.4) is 0 Å². The van der Waals surface area contributed by atoms with E-state index in [4.69, 9.17) is 0 Å². The Labute approximate surface area is 56.0 Å². The molecule has 0 aliphatic carbocycles. The average molecular weight is 146 g/mol. The van der Waals surface area contributed by atoms with Crippen molar-refractivity contribution in [2.24, 2.45) is 4.99 Å². The van der Waals surface area contributed by atoms with E-state index in [1.165, 1.54) is 0 Å². The molecule has 0 spiro atoms. The highest BCUT2D eigenvalue weighted by atomic mass is 32.1. The van der Waals surface area contributed by atoms with Crippen molar-refractivity contribution in [3.05, 3.63) is 0 Å². The molecule has 0 fully saturated rings. The Morgan fingerprint density at radius 2 is 2.56 bits per heavy atom. The highest BCUT2D eigenvalue weighted by Crippen LogP contribution is 1.93. The number of amides is 1. The SMILES string of the molecule is O=C1NC(=S)N=C[C@H]1F. The van der Waals surface area contributed by atoms with Gasteiger partial charge < -0.3 is 0 Å². The lowest BCUT2D eigenvalue weighted by atomic mass is 10.4. The lowest BCUT2D eigenvalue weighted by Gasteiger charge is -2.07. The Morgan fingerprint density at radius 1 is 1.89 bits per heavy atom. The largest absolute Gasteiger partial charge is 0.298 e. The van der Waals surface area contributed by atoms with E-state index in [9.17, 15) is 9.18 Å². The normalized spacial score (nSPS) is 26.1. The number of rotatable bonds is 0. The molecular weight excluding hydrogens is 143 g/mol. The minimum Gasteiger partial charge on any atom is -0.298 e. The first kappa shape index (κ1) is 6.28. The molecule has 1 aliphatic rings. The first-order valence-corrected chi connectivity index (χ1v) is 2.64. The summed E-state index contributed by atoms with van der Waals surface area (Å²) < 4.78 is 12.1. The number of alkyl halides is 1. The molecule has 0 bridgehead atoms. The van der Waals surface area contributed by atoms with Crippen LogP contribution in [0.1, 0.15) is 0 Å². The van der Waals surface area contributed by atoms with Gasteiger partial charge in [0.2, 0.25) is 6.17 Å². The number of hydrogen-bond acceptors (Lipinski definition) is 2. The molecule has 0 radical (unpaired) electrons. The van der Waals surface area contributed by atoms with Gasteiger partial charge in [0, 0.05) is 0 Å². The van der Waals surface area contributed by atoms with Crippen molar-refractivity contribution in [1.29, 1.82) is 0 Å². The Kier molecular flexibility index (Phi) is 1.52. The van der Waals surface area contributed by atoms with Gasteiger partial charge in [-0.3, -0.25) is 10.1 Å². The van der Waals surface area contributed by atoms with Gasteiger partial charge in [0.1, 0.15) is 0 Å². The third-order valence-corrected chi connectivity index (χ3v) is 1.01. The fourth-order valence-electron chi connectivity index (χ4n) is 0.407.